The lowest BCUT2D eigenvalue weighted by Crippen LogP contribution is -2.40. The summed E-state index contributed by atoms with van der Waals surface area (Å²) in [4.78, 5) is 2.47. The van der Waals surface area contributed by atoms with Gasteiger partial charge < -0.3 is 10.0 Å². The fourth-order valence-corrected chi connectivity index (χ4v) is 3.41. The van der Waals surface area contributed by atoms with Gasteiger partial charge in [-0.3, -0.25) is 0 Å². The molecule has 1 aromatic carbocycles. The van der Waals surface area contributed by atoms with Crippen LogP contribution in [0.1, 0.15) is 45.3 Å². The topological polar surface area (TPSA) is 23.5 Å². The average molecular weight is 312 g/mol. The second-order valence-corrected chi connectivity index (χ2v) is 6.41. The molecule has 0 saturated carbocycles. The first-order chi connectivity index (χ1) is 8.49. The van der Waals surface area contributed by atoms with Crippen molar-refractivity contribution < 1.29 is 5.11 Å². The van der Waals surface area contributed by atoms with Crippen LogP contribution >= 0.6 is 15.9 Å². The van der Waals surface area contributed by atoms with Crippen molar-refractivity contribution in [2.45, 2.75) is 45.8 Å². The van der Waals surface area contributed by atoms with E-state index in [9.17, 15) is 5.11 Å². The molecule has 0 amide bonds. The van der Waals surface area contributed by atoms with E-state index in [-0.39, 0.29) is 0 Å². The Morgan fingerprint density at radius 3 is 2.67 bits per heavy atom. The number of hydrogen-bond donors (Lipinski definition) is 1. The number of nitrogens with zero attached hydrogens (tertiary/aromatic N) is 1. The zero-order chi connectivity index (χ0) is 13.3. The quantitative estimate of drug-likeness (QED) is 0.887. The van der Waals surface area contributed by atoms with Crippen molar-refractivity contribution in [2.75, 3.05) is 11.4 Å². The van der Waals surface area contributed by atoms with Gasteiger partial charge in [-0.05, 0) is 66.2 Å². The third kappa shape index (κ3) is 2.89. The molecule has 0 bridgehead atoms. The second-order valence-electron chi connectivity index (χ2n) is 5.56. The largest absolute Gasteiger partial charge is 0.389 e. The fourth-order valence-electron chi connectivity index (χ4n) is 2.78. The summed E-state index contributed by atoms with van der Waals surface area (Å²) in [5, 5.41) is 9.60. The first-order valence-corrected chi connectivity index (χ1v) is 7.52. The third-order valence-corrected chi connectivity index (χ3v) is 4.54. The molecule has 1 aromatic rings. The van der Waals surface area contributed by atoms with Crippen LogP contribution in [0.25, 0.3) is 0 Å². The molecule has 1 aliphatic rings. The predicted octanol–water partition coefficient (Wildman–Crippen LogP) is 4.13. The molecule has 1 aliphatic heterocycles. The van der Waals surface area contributed by atoms with E-state index in [0.717, 1.165) is 22.5 Å². The number of anilines is 1. The van der Waals surface area contributed by atoms with Crippen LogP contribution in [0.2, 0.25) is 0 Å². The van der Waals surface area contributed by atoms with Gasteiger partial charge in [-0.15, -0.1) is 0 Å². The summed E-state index contributed by atoms with van der Waals surface area (Å²) in [7, 11) is 0. The zero-order valence-corrected chi connectivity index (χ0v) is 12.9. The van der Waals surface area contributed by atoms with Crippen LogP contribution in [0, 0.1) is 5.92 Å². The monoisotopic (exact) mass is 311 g/mol. The molecule has 0 aliphatic carbocycles. The molecule has 0 aromatic heterocycles. The maximum atomic E-state index is 9.60. The van der Waals surface area contributed by atoms with Gasteiger partial charge in [0.1, 0.15) is 0 Å². The lowest BCUT2D eigenvalue weighted by atomic mass is 9.93. The van der Waals surface area contributed by atoms with Crippen molar-refractivity contribution in [1.29, 1.82) is 0 Å². The number of halogens is 1. The highest BCUT2D eigenvalue weighted by Crippen LogP contribution is 2.34. The number of rotatable bonds is 2. The molecule has 2 unspecified atom stereocenters. The van der Waals surface area contributed by atoms with Crippen molar-refractivity contribution in [3.8, 4) is 0 Å². The molecule has 1 N–H and O–H groups in total. The fraction of sp³-hybridized carbons (Fsp3) is 0.600. The van der Waals surface area contributed by atoms with Crippen LogP contribution in [0.4, 0.5) is 5.69 Å². The predicted molar refractivity (Wildman–Crippen MR) is 80.0 cm³/mol. The second kappa shape index (κ2) is 5.62. The van der Waals surface area contributed by atoms with Crippen LogP contribution in [-0.4, -0.2) is 17.7 Å². The van der Waals surface area contributed by atoms with Crippen molar-refractivity contribution >= 4 is 21.6 Å². The van der Waals surface area contributed by atoms with E-state index in [1.165, 1.54) is 18.5 Å². The highest BCUT2D eigenvalue weighted by atomic mass is 79.9. The minimum absolute atomic E-state index is 0.408. The van der Waals surface area contributed by atoms with Crippen LogP contribution in [0.3, 0.4) is 0 Å². The van der Waals surface area contributed by atoms with Gasteiger partial charge in [-0.2, -0.15) is 0 Å². The van der Waals surface area contributed by atoms with E-state index in [1.807, 2.05) is 12.1 Å². The smallest absolute Gasteiger partial charge is 0.0762 e. The Bertz CT molecular complexity index is 419. The van der Waals surface area contributed by atoms with E-state index >= 15 is 0 Å². The summed E-state index contributed by atoms with van der Waals surface area (Å²) in [6, 6.07) is 6.77. The van der Waals surface area contributed by atoms with Gasteiger partial charge in [-0.1, -0.05) is 13.0 Å². The molecule has 3 heteroatoms. The van der Waals surface area contributed by atoms with Gasteiger partial charge in [0.05, 0.1) is 11.8 Å². The standard InChI is InChI=1S/C15H22BrNO/c1-10-6-7-17(11(2)8-10)15-5-4-13(12(3)18)9-14(15)16/h4-5,9-12,18H,6-8H2,1-3H3/t10?,11?,12-/m1/s1. The average Bonchev–Trinajstić information content (AvgIpc) is 2.30. The van der Waals surface area contributed by atoms with Gasteiger partial charge in [0.15, 0.2) is 0 Å². The molecular weight excluding hydrogens is 290 g/mol. The van der Waals surface area contributed by atoms with Crippen molar-refractivity contribution in [2.24, 2.45) is 5.92 Å². The molecule has 3 atom stereocenters. The highest BCUT2D eigenvalue weighted by molar-refractivity contribution is 9.10. The third-order valence-electron chi connectivity index (χ3n) is 3.90. The van der Waals surface area contributed by atoms with Crippen LogP contribution in [0.15, 0.2) is 22.7 Å². The Labute approximate surface area is 118 Å². The summed E-state index contributed by atoms with van der Waals surface area (Å²) in [6.07, 6.45) is 2.11. The molecule has 2 rings (SSSR count). The van der Waals surface area contributed by atoms with Crippen LogP contribution in [-0.2, 0) is 0 Å². The Balaban J connectivity index is 2.23. The van der Waals surface area contributed by atoms with E-state index < -0.39 is 6.10 Å². The first kappa shape index (κ1) is 13.9. The summed E-state index contributed by atoms with van der Waals surface area (Å²) in [5.74, 6) is 0.826. The van der Waals surface area contributed by atoms with Crippen molar-refractivity contribution in [1.82, 2.24) is 0 Å². The Hall–Kier alpha value is -0.540. The van der Waals surface area contributed by atoms with E-state index in [4.69, 9.17) is 0 Å². The normalized spacial score (nSPS) is 26.2. The van der Waals surface area contributed by atoms with E-state index in [2.05, 4.69) is 40.7 Å². The maximum absolute atomic E-state index is 9.60. The Kier molecular flexibility index (Phi) is 4.33. The van der Waals surface area contributed by atoms with Crippen LogP contribution < -0.4 is 4.90 Å². The van der Waals surface area contributed by atoms with Crippen molar-refractivity contribution in [3.05, 3.63) is 28.2 Å². The summed E-state index contributed by atoms with van der Waals surface area (Å²) < 4.78 is 1.09. The lowest BCUT2D eigenvalue weighted by Gasteiger charge is -2.39. The Morgan fingerprint density at radius 2 is 2.11 bits per heavy atom. The summed E-state index contributed by atoms with van der Waals surface area (Å²) >= 11 is 3.64. The maximum Gasteiger partial charge on any atom is 0.0762 e. The number of piperidine rings is 1. The van der Waals surface area contributed by atoms with Gasteiger partial charge in [0.25, 0.3) is 0 Å². The molecular formula is C15H22BrNO. The minimum atomic E-state index is -0.408. The number of hydrogen-bond acceptors (Lipinski definition) is 2. The summed E-state index contributed by atoms with van der Waals surface area (Å²) in [5.41, 5.74) is 2.21. The first-order valence-electron chi connectivity index (χ1n) is 6.73. The molecule has 18 heavy (non-hydrogen) atoms. The molecule has 100 valence electrons. The van der Waals surface area contributed by atoms with E-state index in [1.54, 1.807) is 6.92 Å². The van der Waals surface area contributed by atoms with Crippen molar-refractivity contribution in [3.63, 3.8) is 0 Å². The molecule has 0 radical (unpaired) electrons. The molecule has 2 nitrogen and oxygen atoms in total. The SMILES string of the molecule is CC1CCN(c2ccc([C@@H](C)O)cc2Br)C(C)C1. The molecule has 0 spiro atoms. The van der Waals surface area contributed by atoms with Gasteiger partial charge >= 0.3 is 0 Å². The molecule has 1 saturated heterocycles. The molecule has 1 heterocycles. The molecule has 1 fully saturated rings. The number of aliphatic hydroxyl groups is 1. The van der Waals surface area contributed by atoms with Gasteiger partial charge in [0, 0.05) is 17.1 Å². The summed E-state index contributed by atoms with van der Waals surface area (Å²) in [6.45, 7) is 7.55. The van der Waals surface area contributed by atoms with Crippen LogP contribution in [0.5, 0.6) is 0 Å². The number of benzene rings is 1. The lowest BCUT2D eigenvalue weighted by molar-refractivity contribution is 0.199. The highest BCUT2D eigenvalue weighted by Gasteiger charge is 2.24. The van der Waals surface area contributed by atoms with Gasteiger partial charge in [0.2, 0.25) is 0 Å². The Morgan fingerprint density at radius 1 is 1.39 bits per heavy atom. The van der Waals surface area contributed by atoms with E-state index in [0.29, 0.717) is 6.04 Å². The van der Waals surface area contributed by atoms with Gasteiger partial charge in [-0.25, -0.2) is 0 Å². The minimum Gasteiger partial charge on any atom is -0.389 e. The zero-order valence-electron chi connectivity index (χ0n) is 11.4. The number of aliphatic hydroxyl groups excluding tert-OH is 1.